The summed E-state index contributed by atoms with van der Waals surface area (Å²) in [7, 11) is 1.36. The zero-order valence-electron chi connectivity index (χ0n) is 17.0. The molecule has 0 aliphatic heterocycles. The van der Waals surface area contributed by atoms with Crippen molar-refractivity contribution in [2.45, 2.75) is 45.0 Å². The van der Waals surface area contributed by atoms with Crippen LogP contribution in [0.5, 0.6) is 0 Å². The van der Waals surface area contributed by atoms with Crippen LogP contribution in [0.15, 0.2) is 24.7 Å². The van der Waals surface area contributed by atoms with Crippen LogP contribution >= 0.6 is 0 Å². The molecule has 3 aromatic heterocycles. The molecule has 0 bridgehead atoms. The molecule has 30 heavy (non-hydrogen) atoms. The van der Waals surface area contributed by atoms with E-state index in [9.17, 15) is 23.1 Å². The molecule has 162 valence electrons. The standard InChI is InChI=1S/C19H23F3N6O2/c1-11(2)28-15-13(10-25-28)9-14(12(3)26-15)16(29)23-6-5-18(30,19(20,21)22)17-24-7-8-27(17)4/h7-11,30H,5-6H2,1-4H3,(H,23,29). The maximum absolute atomic E-state index is 13.6. The molecule has 0 aromatic carbocycles. The molecule has 0 saturated heterocycles. The molecule has 0 radical (unpaired) electrons. The SMILES string of the molecule is Cc1nc2c(cnn2C(C)C)cc1C(=O)NCCC(O)(c1nccn1C)C(F)(F)F. The minimum absolute atomic E-state index is 0.0836. The number of nitrogens with zero attached hydrogens (tertiary/aromatic N) is 5. The van der Waals surface area contributed by atoms with Gasteiger partial charge < -0.3 is 15.0 Å². The van der Waals surface area contributed by atoms with E-state index >= 15 is 0 Å². The number of alkyl halides is 3. The van der Waals surface area contributed by atoms with Gasteiger partial charge in [-0.05, 0) is 26.8 Å². The molecule has 0 spiro atoms. The van der Waals surface area contributed by atoms with Crippen LogP contribution < -0.4 is 5.32 Å². The fourth-order valence-corrected chi connectivity index (χ4v) is 3.27. The van der Waals surface area contributed by atoms with E-state index in [1.165, 1.54) is 19.4 Å². The summed E-state index contributed by atoms with van der Waals surface area (Å²) >= 11 is 0. The van der Waals surface area contributed by atoms with Gasteiger partial charge in [0.15, 0.2) is 5.65 Å². The van der Waals surface area contributed by atoms with Crippen LogP contribution in [-0.4, -0.2) is 48.1 Å². The Hall–Kier alpha value is -2.95. The van der Waals surface area contributed by atoms with Crippen molar-refractivity contribution in [2.75, 3.05) is 6.54 Å². The predicted octanol–water partition coefficient (Wildman–Crippen LogP) is 2.62. The van der Waals surface area contributed by atoms with E-state index in [4.69, 9.17) is 0 Å². The second kappa shape index (κ2) is 7.71. The third-order valence-electron chi connectivity index (χ3n) is 4.93. The monoisotopic (exact) mass is 424 g/mol. The van der Waals surface area contributed by atoms with E-state index in [-0.39, 0.29) is 11.6 Å². The van der Waals surface area contributed by atoms with Gasteiger partial charge in [0.05, 0.1) is 17.5 Å². The summed E-state index contributed by atoms with van der Waals surface area (Å²) in [5, 5.41) is 17.7. The topological polar surface area (TPSA) is 97.9 Å². The van der Waals surface area contributed by atoms with Crippen LogP contribution in [0.2, 0.25) is 0 Å². The lowest BCUT2D eigenvalue weighted by molar-refractivity contribution is -0.272. The summed E-state index contributed by atoms with van der Waals surface area (Å²) in [6, 6.07) is 1.69. The van der Waals surface area contributed by atoms with Crippen molar-refractivity contribution in [1.29, 1.82) is 0 Å². The zero-order chi connectivity index (χ0) is 22.3. The summed E-state index contributed by atoms with van der Waals surface area (Å²) < 4.78 is 43.5. The van der Waals surface area contributed by atoms with E-state index in [0.29, 0.717) is 16.7 Å². The van der Waals surface area contributed by atoms with Gasteiger partial charge in [-0.25, -0.2) is 14.6 Å². The number of aromatic nitrogens is 5. The molecule has 1 amide bonds. The Kier molecular flexibility index (Phi) is 5.59. The fourth-order valence-electron chi connectivity index (χ4n) is 3.27. The molecule has 2 N–H and O–H groups in total. The van der Waals surface area contributed by atoms with Gasteiger partial charge in [-0.3, -0.25) is 4.79 Å². The third-order valence-corrected chi connectivity index (χ3v) is 4.93. The smallest absolute Gasteiger partial charge is 0.374 e. The lowest BCUT2D eigenvalue weighted by atomic mass is 9.97. The highest BCUT2D eigenvalue weighted by Crippen LogP contribution is 2.40. The number of imidazole rings is 1. The van der Waals surface area contributed by atoms with Gasteiger partial charge in [-0.2, -0.15) is 18.3 Å². The molecule has 3 rings (SSSR count). The molecule has 1 atom stereocenters. The van der Waals surface area contributed by atoms with Crippen LogP contribution in [0.25, 0.3) is 11.0 Å². The lowest BCUT2D eigenvalue weighted by Gasteiger charge is -2.30. The van der Waals surface area contributed by atoms with Crippen molar-refractivity contribution in [1.82, 2.24) is 29.6 Å². The summed E-state index contributed by atoms with van der Waals surface area (Å²) in [5.41, 5.74) is -1.90. The second-order valence-electron chi connectivity index (χ2n) is 7.44. The van der Waals surface area contributed by atoms with Crippen molar-refractivity contribution < 1.29 is 23.1 Å². The summed E-state index contributed by atoms with van der Waals surface area (Å²) in [5.74, 6) is -1.12. The van der Waals surface area contributed by atoms with E-state index in [1.807, 2.05) is 13.8 Å². The number of hydrogen-bond donors (Lipinski definition) is 2. The van der Waals surface area contributed by atoms with Gasteiger partial charge in [-0.15, -0.1) is 0 Å². The summed E-state index contributed by atoms with van der Waals surface area (Å²) in [6.45, 7) is 5.14. The summed E-state index contributed by atoms with van der Waals surface area (Å²) in [4.78, 5) is 20.6. The minimum atomic E-state index is -4.96. The summed E-state index contributed by atoms with van der Waals surface area (Å²) in [6.07, 6.45) is -1.67. The maximum Gasteiger partial charge on any atom is 0.424 e. The van der Waals surface area contributed by atoms with Crippen LogP contribution in [0.1, 0.15) is 48.2 Å². The van der Waals surface area contributed by atoms with Gasteiger partial charge >= 0.3 is 6.18 Å². The number of aryl methyl sites for hydroxylation is 2. The molecule has 11 heteroatoms. The van der Waals surface area contributed by atoms with Crippen molar-refractivity contribution in [3.05, 3.63) is 41.7 Å². The molecule has 1 unspecified atom stereocenters. The van der Waals surface area contributed by atoms with E-state index in [2.05, 4.69) is 20.4 Å². The highest BCUT2D eigenvalue weighted by molar-refractivity contribution is 5.98. The van der Waals surface area contributed by atoms with Crippen LogP contribution in [-0.2, 0) is 12.6 Å². The number of amides is 1. The largest absolute Gasteiger partial charge is 0.424 e. The Bertz CT molecular complexity index is 1070. The quantitative estimate of drug-likeness (QED) is 0.634. The van der Waals surface area contributed by atoms with Crippen LogP contribution in [0.3, 0.4) is 0 Å². The molecule has 3 heterocycles. The Balaban J connectivity index is 1.78. The van der Waals surface area contributed by atoms with Crippen LogP contribution in [0.4, 0.5) is 13.2 Å². The van der Waals surface area contributed by atoms with Crippen molar-refractivity contribution in [3.8, 4) is 0 Å². The third kappa shape index (κ3) is 3.76. The number of hydrogen-bond acceptors (Lipinski definition) is 5. The highest BCUT2D eigenvalue weighted by Gasteiger charge is 2.57. The average Bonchev–Trinajstić information content (AvgIpc) is 3.25. The van der Waals surface area contributed by atoms with E-state index < -0.39 is 36.5 Å². The second-order valence-corrected chi connectivity index (χ2v) is 7.44. The minimum Gasteiger partial charge on any atom is -0.374 e. The fraction of sp³-hybridized carbons (Fsp3) is 0.474. The molecule has 0 fully saturated rings. The normalized spacial score (nSPS) is 14.3. The maximum atomic E-state index is 13.6. The molecule has 8 nitrogen and oxygen atoms in total. The average molecular weight is 424 g/mol. The van der Waals surface area contributed by atoms with Gasteiger partial charge in [0.25, 0.3) is 5.91 Å². The molecule has 0 saturated carbocycles. The number of fused-ring (bicyclic) bond motifs is 1. The number of carbonyl (C=O) groups excluding carboxylic acids is 1. The first-order valence-corrected chi connectivity index (χ1v) is 9.35. The number of aliphatic hydroxyl groups is 1. The zero-order valence-corrected chi connectivity index (χ0v) is 17.0. The van der Waals surface area contributed by atoms with E-state index in [0.717, 1.165) is 4.57 Å². The molecule has 3 aromatic rings. The Labute approximate surface area is 170 Å². The van der Waals surface area contributed by atoms with Crippen LogP contribution in [0, 0.1) is 6.92 Å². The lowest BCUT2D eigenvalue weighted by Crippen LogP contribution is -2.46. The van der Waals surface area contributed by atoms with Crippen molar-refractivity contribution in [2.24, 2.45) is 7.05 Å². The first kappa shape index (κ1) is 21.8. The van der Waals surface area contributed by atoms with Gasteiger partial charge in [-0.1, -0.05) is 0 Å². The predicted molar refractivity (Wildman–Crippen MR) is 103 cm³/mol. The number of halogens is 3. The van der Waals surface area contributed by atoms with Gasteiger partial charge in [0.2, 0.25) is 5.60 Å². The molecular formula is C19H23F3N6O2. The van der Waals surface area contributed by atoms with Crippen molar-refractivity contribution in [3.63, 3.8) is 0 Å². The number of rotatable bonds is 6. The Morgan fingerprint density at radius 1 is 1.33 bits per heavy atom. The highest BCUT2D eigenvalue weighted by atomic mass is 19.4. The van der Waals surface area contributed by atoms with E-state index in [1.54, 1.807) is 23.9 Å². The first-order chi connectivity index (χ1) is 14.0. The van der Waals surface area contributed by atoms with Gasteiger partial charge in [0, 0.05) is 43.8 Å². The molecular weight excluding hydrogens is 401 g/mol. The molecule has 0 aliphatic carbocycles. The Morgan fingerprint density at radius 2 is 2.03 bits per heavy atom. The number of nitrogens with one attached hydrogen (secondary N) is 1. The van der Waals surface area contributed by atoms with Crippen molar-refractivity contribution >= 4 is 16.9 Å². The molecule has 0 aliphatic rings. The van der Waals surface area contributed by atoms with Gasteiger partial charge in [0.1, 0.15) is 5.82 Å². The Morgan fingerprint density at radius 3 is 2.60 bits per heavy atom. The first-order valence-electron chi connectivity index (χ1n) is 9.35. The number of carbonyl (C=O) groups is 1. The number of pyridine rings is 1.